The van der Waals surface area contributed by atoms with Crippen molar-refractivity contribution in [3.63, 3.8) is 0 Å². The zero-order chi connectivity index (χ0) is 21.3. The minimum Gasteiger partial charge on any atom is -0.505 e. The summed E-state index contributed by atoms with van der Waals surface area (Å²) in [6.45, 7) is 0. The molecule has 0 saturated carbocycles. The highest BCUT2D eigenvalue weighted by Gasteiger charge is 2.17. The minimum absolute atomic E-state index is 0.000973. The Labute approximate surface area is 174 Å². The van der Waals surface area contributed by atoms with E-state index >= 15 is 0 Å². The number of aromatic nitrogens is 4. The van der Waals surface area contributed by atoms with Crippen molar-refractivity contribution in [2.75, 3.05) is 0 Å². The molecule has 0 spiro atoms. The standard InChI is InChI=1S/C21H11ClFN5O2/c22-20-16(4-2-8-26-20)28-18(10-17(29)19-12(11-24)3-1-7-25-19)27-15-6-5-13(23)9-14(15)21(28)30/h1-10,29H/b17-10-. The molecule has 0 aliphatic heterocycles. The van der Waals surface area contributed by atoms with Gasteiger partial charge in [-0.05, 0) is 42.5 Å². The third-order valence-electron chi connectivity index (χ3n) is 4.27. The average Bonchev–Trinajstić information content (AvgIpc) is 2.75. The Hall–Kier alpha value is -4.09. The molecule has 0 aliphatic rings. The fourth-order valence-corrected chi connectivity index (χ4v) is 3.14. The predicted molar refractivity (Wildman–Crippen MR) is 110 cm³/mol. The van der Waals surface area contributed by atoms with Crippen LogP contribution in [0.1, 0.15) is 17.1 Å². The third-order valence-corrected chi connectivity index (χ3v) is 4.56. The first-order valence-electron chi connectivity index (χ1n) is 8.59. The van der Waals surface area contributed by atoms with Gasteiger partial charge in [0.1, 0.15) is 29.2 Å². The highest BCUT2D eigenvalue weighted by molar-refractivity contribution is 6.31. The van der Waals surface area contributed by atoms with Gasteiger partial charge in [-0.2, -0.15) is 5.26 Å². The van der Waals surface area contributed by atoms with Crippen LogP contribution in [0.3, 0.4) is 0 Å². The first kappa shape index (κ1) is 19.2. The summed E-state index contributed by atoms with van der Waals surface area (Å²) in [6, 6.07) is 11.7. The fourth-order valence-electron chi connectivity index (χ4n) is 2.94. The van der Waals surface area contributed by atoms with E-state index in [2.05, 4.69) is 15.0 Å². The summed E-state index contributed by atoms with van der Waals surface area (Å²) in [6.07, 6.45) is 4.06. The van der Waals surface area contributed by atoms with E-state index in [0.717, 1.165) is 10.6 Å². The minimum atomic E-state index is -0.602. The van der Waals surface area contributed by atoms with Gasteiger partial charge in [-0.1, -0.05) is 11.6 Å². The number of nitrogens with zero attached hydrogens (tertiary/aromatic N) is 5. The van der Waals surface area contributed by atoms with Crippen molar-refractivity contribution in [3.8, 4) is 11.8 Å². The Morgan fingerprint density at radius 1 is 1.20 bits per heavy atom. The Kier molecular flexibility index (Phi) is 4.96. The van der Waals surface area contributed by atoms with Gasteiger partial charge in [-0.15, -0.1) is 0 Å². The van der Waals surface area contributed by atoms with Crippen LogP contribution < -0.4 is 5.56 Å². The van der Waals surface area contributed by atoms with Gasteiger partial charge in [0, 0.05) is 18.5 Å². The van der Waals surface area contributed by atoms with Crippen LogP contribution in [0.25, 0.3) is 28.4 Å². The Balaban J connectivity index is 2.05. The van der Waals surface area contributed by atoms with Crippen molar-refractivity contribution in [2.45, 2.75) is 0 Å². The summed E-state index contributed by atoms with van der Waals surface area (Å²) < 4.78 is 14.9. The number of hydrogen-bond donors (Lipinski definition) is 1. The summed E-state index contributed by atoms with van der Waals surface area (Å²) >= 11 is 6.18. The maximum atomic E-state index is 13.7. The maximum Gasteiger partial charge on any atom is 0.266 e. The quantitative estimate of drug-likeness (QED) is 0.399. The molecule has 1 aromatic carbocycles. The lowest BCUT2D eigenvalue weighted by atomic mass is 10.1. The smallest absolute Gasteiger partial charge is 0.266 e. The van der Waals surface area contributed by atoms with Crippen molar-refractivity contribution >= 4 is 34.3 Å². The summed E-state index contributed by atoms with van der Waals surface area (Å²) in [7, 11) is 0. The number of aliphatic hydroxyl groups is 1. The third kappa shape index (κ3) is 3.38. The van der Waals surface area contributed by atoms with E-state index < -0.39 is 11.4 Å². The number of aliphatic hydroxyl groups excluding tert-OH is 1. The van der Waals surface area contributed by atoms with Crippen molar-refractivity contribution in [2.24, 2.45) is 0 Å². The molecule has 0 fully saturated rings. The van der Waals surface area contributed by atoms with Gasteiger partial charge in [-0.3, -0.25) is 14.3 Å². The lowest BCUT2D eigenvalue weighted by molar-refractivity contribution is 0.511. The molecule has 0 amide bonds. The number of fused-ring (bicyclic) bond motifs is 1. The van der Waals surface area contributed by atoms with E-state index in [1.54, 1.807) is 18.2 Å². The van der Waals surface area contributed by atoms with Crippen LogP contribution in [0.2, 0.25) is 5.15 Å². The molecule has 1 N–H and O–H groups in total. The van der Waals surface area contributed by atoms with E-state index in [0.29, 0.717) is 0 Å². The Bertz CT molecular complexity index is 1430. The average molecular weight is 420 g/mol. The first-order valence-corrected chi connectivity index (χ1v) is 8.96. The molecule has 9 heteroatoms. The van der Waals surface area contributed by atoms with Crippen LogP contribution in [-0.4, -0.2) is 24.6 Å². The molecule has 0 unspecified atom stereocenters. The van der Waals surface area contributed by atoms with E-state index in [1.165, 1.54) is 36.7 Å². The van der Waals surface area contributed by atoms with Crippen LogP contribution in [0.5, 0.6) is 0 Å². The summed E-state index contributed by atoms with van der Waals surface area (Å²) in [5.74, 6) is -0.973. The topological polar surface area (TPSA) is 105 Å². The largest absolute Gasteiger partial charge is 0.505 e. The second kappa shape index (κ2) is 7.73. The van der Waals surface area contributed by atoms with Gasteiger partial charge in [0.15, 0.2) is 5.15 Å². The monoisotopic (exact) mass is 419 g/mol. The molecular weight excluding hydrogens is 409 g/mol. The van der Waals surface area contributed by atoms with Crippen molar-refractivity contribution in [3.05, 3.63) is 93.3 Å². The van der Waals surface area contributed by atoms with E-state index in [9.17, 15) is 19.6 Å². The summed E-state index contributed by atoms with van der Waals surface area (Å²) in [4.78, 5) is 25.5. The molecule has 146 valence electrons. The highest BCUT2D eigenvalue weighted by Crippen LogP contribution is 2.22. The lowest BCUT2D eigenvalue weighted by Gasteiger charge is -2.13. The molecule has 7 nitrogen and oxygen atoms in total. The van der Waals surface area contributed by atoms with Gasteiger partial charge in [0.2, 0.25) is 0 Å². The van der Waals surface area contributed by atoms with Gasteiger partial charge in [0.25, 0.3) is 5.56 Å². The molecule has 0 aliphatic carbocycles. The number of nitriles is 1. The van der Waals surface area contributed by atoms with Crippen LogP contribution >= 0.6 is 11.6 Å². The normalized spacial score (nSPS) is 11.4. The number of halogens is 2. The lowest BCUT2D eigenvalue weighted by Crippen LogP contribution is -2.23. The second-order valence-corrected chi connectivity index (χ2v) is 6.48. The van der Waals surface area contributed by atoms with Crippen molar-refractivity contribution < 1.29 is 9.50 Å². The molecule has 3 heterocycles. The Morgan fingerprint density at radius 2 is 1.97 bits per heavy atom. The molecule has 0 bridgehead atoms. The molecule has 4 aromatic rings. The molecule has 0 atom stereocenters. The van der Waals surface area contributed by atoms with Gasteiger partial charge < -0.3 is 5.11 Å². The van der Waals surface area contributed by atoms with Crippen molar-refractivity contribution in [1.82, 2.24) is 19.5 Å². The molecule has 0 radical (unpaired) electrons. The van der Waals surface area contributed by atoms with Gasteiger partial charge in [0.05, 0.1) is 22.2 Å². The molecule has 0 saturated heterocycles. The number of rotatable bonds is 3. The number of benzene rings is 1. The maximum absolute atomic E-state index is 13.7. The predicted octanol–water partition coefficient (Wildman–Crippen LogP) is 3.90. The number of pyridine rings is 2. The van der Waals surface area contributed by atoms with Crippen molar-refractivity contribution in [1.29, 1.82) is 5.26 Å². The van der Waals surface area contributed by atoms with Crippen LogP contribution in [0.4, 0.5) is 4.39 Å². The van der Waals surface area contributed by atoms with E-state index in [4.69, 9.17) is 11.6 Å². The molecular formula is C21H11ClFN5O2. The molecule has 4 rings (SSSR count). The van der Waals surface area contributed by atoms with Gasteiger partial charge >= 0.3 is 0 Å². The zero-order valence-electron chi connectivity index (χ0n) is 15.1. The van der Waals surface area contributed by atoms with Crippen LogP contribution in [0, 0.1) is 17.1 Å². The van der Waals surface area contributed by atoms with Crippen LogP contribution in [0.15, 0.2) is 59.7 Å². The van der Waals surface area contributed by atoms with E-state index in [1.807, 2.05) is 6.07 Å². The van der Waals surface area contributed by atoms with E-state index in [-0.39, 0.29) is 44.6 Å². The highest BCUT2D eigenvalue weighted by atomic mass is 35.5. The SMILES string of the molecule is N#Cc1cccnc1/C(O)=C/c1nc2ccc(F)cc2c(=O)n1-c1cccnc1Cl. The first-order chi connectivity index (χ1) is 14.5. The second-order valence-electron chi connectivity index (χ2n) is 6.13. The summed E-state index contributed by atoms with van der Waals surface area (Å²) in [5.41, 5.74) is -0.0173. The van der Waals surface area contributed by atoms with Gasteiger partial charge in [-0.25, -0.2) is 14.4 Å². The molecule has 3 aromatic heterocycles. The number of hydrogen-bond acceptors (Lipinski definition) is 6. The fraction of sp³-hybridized carbons (Fsp3) is 0. The Morgan fingerprint density at radius 3 is 2.73 bits per heavy atom. The van der Waals surface area contributed by atoms with Crippen LogP contribution in [-0.2, 0) is 0 Å². The zero-order valence-corrected chi connectivity index (χ0v) is 15.9. The molecule has 30 heavy (non-hydrogen) atoms. The summed E-state index contributed by atoms with van der Waals surface area (Å²) in [5, 5.41) is 19.9.